The Morgan fingerprint density at radius 1 is 1.07 bits per heavy atom. The van der Waals surface area contributed by atoms with Gasteiger partial charge in [0.1, 0.15) is 6.04 Å². The number of fused-ring (bicyclic) bond motifs is 2. The molecule has 3 amide bonds. The first kappa shape index (κ1) is 17.8. The van der Waals surface area contributed by atoms with E-state index in [9.17, 15) is 14.4 Å². The first-order valence-corrected chi connectivity index (χ1v) is 10.3. The molecule has 7 nitrogen and oxygen atoms in total. The number of rotatable bonds is 3. The number of amides is 3. The fraction of sp³-hybridized carbons (Fsp3) is 0.571. The number of hydrogen-bond donors (Lipinski definition) is 2. The molecule has 1 aromatic carbocycles. The van der Waals surface area contributed by atoms with Crippen LogP contribution in [0, 0.1) is 11.8 Å². The molecule has 0 bridgehead atoms. The lowest BCUT2D eigenvalue weighted by Gasteiger charge is -2.29. The van der Waals surface area contributed by atoms with E-state index in [1.165, 1.54) is 12.0 Å². The van der Waals surface area contributed by atoms with Crippen molar-refractivity contribution < 1.29 is 14.4 Å². The van der Waals surface area contributed by atoms with Gasteiger partial charge in [0.15, 0.2) is 0 Å². The molecule has 4 aliphatic heterocycles. The third-order valence-electron chi connectivity index (χ3n) is 6.74. The minimum Gasteiger partial charge on any atom is -0.322 e. The van der Waals surface area contributed by atoms with Gasteiger partial charge in [-0.3, -0.25) is 24.6 Å². The topological polar surface area (TPSA) is 81.8 Å². The van der Waals surface area contributed by atoms with Crippen LogP contribution >= 0.6 is 0 Å². The molecule has 3 saturated heterocycles. The van der Waals surface area contributed by atoms with Gasteiger partial charge >= 0.3 is 0 Å². The molecule has 0 saturated carbocycles. The number of likely N-dealkylation sites (tertiary alicyclic amines) is 1. The van der Waals surface area contributed by atoms with Crippen molar-refractivity contribution in [3.8, 4) is 0 Å². The van der Waals surface area contributed by atoms with Gasteiger partial charge < -0.3 is 10.2 Å². The molecule has 1 aromatic rings. The summed E-state index contributed by atoms with van der Waals surface area (Å²) in [5.41, 5.74) is 2.90. The lowest BCUT2D eigenvalue weighted by atomic mass is 9.90. The predicted molar refractivity (Wildman–Crippen MR) is 102 cm³/mol. The van der Waals surface area contributed by atoms with E-state index in [1.807, 2.05) is 12.1 Å². The number of benzene rings is 1. The van der Waals surface area contributed by atoms with Crippen molar-refractivity contribution in [2.45, 2.75) is 38.4 Å². The first-order chi connectivity index (χ1) is 13.6. The Labute approximate surface area is 164 Å². The number of hydrogen-bond acceptors (Lipinski definition) is 5. The number of carbonyl (C=O) groups excluding carboxylic acids is 3. The lowest BCUT2D eigenvalue weighted by Crippen LogP contribution is -2.52. The Morgan fingerprint density at radius 2 is 1.93 bits per heavy atom. The van der Waals surface area contributed by atoms with E-state index >= 15 is 0 Å². The number of imide groups is 1. The van der Waals surface area contributed by atoms with E-state index in [1.54, 1.807) is 4.90 Å². The van der Waals surface area contributed by atoms with Crippen molar-refractivity contribution in [3.63, 3.8) is 0 Å². The van der Waals surface area contributed by atoms with Crippen LogP contribution < -0.4 is 10.6 Å². The fourth-order valence-electron chi connectivity index (χ4n) is 5.28. The van der Waals surface area contributed by atoms with E-state index < -0.39 is 6.04 Å². The van der Waals surface area contributed by atoms with Crippen LogP contribution in [-0.2, 0) is 22.7 Å². The molecule has 4 aliphatic rings. The Balaban J connectivity index is 1.28. The summed E-state index contributed by atoms with van der Waals surface area (Å²) < 4.78 is 0. The second kappa shape index (κ2) is 6.97. The molecule has 0 radical (unpaired) electrons. The van der Waals surface area contributed by atoms with Gasteiger partial charge in [0.05, 0.1) is 0 Å². The molecule has 148 valence electrons. The molecule has 7 heteroatoms. The van der Waals surface area contributed by atoms with Crippen molar-refractivity contribution in [1.82, 2.24) is 20.4 Å². The fourth-order valence-corrected chi connectivity index (χ4v) is 5.28. The molecule has 2 N–H and O–H groups in total. The average Bonchev–Trinajstić information content (AvgIpc) is 3.22. The van der Waals surface area contributed by atoms with Gasteiger partial charge in [-0.1, -0.05) is 12.1 Å². The Kier molecular flexibility index (Phi) is 4.44. The van der Waals surface area contributed by atoms with Gasteiger partial charge in [-0.05, 0) is 55.0 Å². The quantitative estimate of drug-likeness (QED) is 0.744. The molecule has 0 aliphatic carbocycles. The summed E-state index contributed by atoms with van der Waals surface area (Å²) in [5.74, 6) is 0.849. The predicted octanol–water partition coefficient (Wildman–Crippen LogP) is 0.489. The van der Waals surface area contributed by atoms with E-state index in [2.05, 4.69) is 21.6 Å². The smallest absolute Gasteiger partial charge is 0.255 e. The summed E-state index contributed by atoms with van der Waals surface area (Å²) in [6.45, 7) is 5.91. The van der Waals surface area contributed by atoms with Crippen molar-refractivity contribution >= 4 is 17.7 Å². The largest absolute Gasteiger partial charge is 0.322 e. The van der Waals surface area contributed by atoms with Crippen molar-refractivity contribution in [3.05, 3.63) is 34.9 Å². The summed E-state index contributed by atoms with van der Waals surface area (Å²) in [4.78, 5) is 40.5. The maximum atomic E-state index is 12.8. The Bertz CT molecular complexity index is 825. The Hall–Kier alpha value is -2.25. The third-order valence-corrected chi connectivity index (χ3v) is 6.74. The average molecular weight is 382 g/mol. The van der Waals surface area contributed by atoms with Crippen molar-refractivity contribution in [1.29, 1.82) is 0 Å². The highest BCUT2D eigenvalue weighted by atomic mass is 16.2. The van der Waals surface area contributed by atoms with Crippen LogP contribution in [0.15, 0.2) is 18.2 Å². The summed E-state index contributed by atoms with van der Waals surface area (Å²) in [5, 5.41) is 5.85. The monoisotopic (exact) mass is 382 g/mol. The van der Waals surface area contributed by atoms with E-state index in [4.69, 9.17) is 0 Å². The van der Waals surface area contributed by atoms with Crippen LogP contribution in [0.1, 0.15) is 40.7 Å². The van der Waals surface area contributed by atoms with Crippen LogP contribution in [0.3, 0.4) is 0 Å². The lowest BCUT2D eigenvalue weighted by molar-refractivity contribution is -0.136. The zero-order chi connectivity index (χ0) is 19.3. The third kappa shape index (κ3) is 3.12. The first-order valence-electron chi connectivity index (χ1n) is 10.3. The molecular formula is C21H26N4O3. The van der Waals surface area contributed by atoms with E-state index in [0.29, 0.717) is 18.5 Å². The van der Waals surface area contributed by atoms with Crippen LogP contribution in [0.4, 0.5) is 0 Å². The van der Waals surface area contributed by atoms with Crippen LogP contribution in [0.25, 0.3) is 0 Å². The standard InChI is InChI=1S/C21H26N4O3/c26-19-4-3-18(20(27)23-19)25-12-15-7-13(1-2-17(15)21(25)28)9-24-10-14-5-6-22-8-16(14)11-24/h1-2,7,14,16,18,22H,3-6,8-12H2,(H,23,26,27)/t14-,16+,18?/m1/s1. The maximum Gasteiger partial charge on any atom is 0.255 e. The molecule has 5 rings (SSSR count). The van der Waals surface area contributed by atoms with Gasteiger partial charge in [-0.15, -0.1) is 0 Å². The normalized spacial score (nSPS) is 30.4. The number of piperidine rings is 2. The number of carbonyl (C=O) groups is 3. The number of nitrogens with one attached hydrogen (secondary N) is 2. The molecule has 3 atom stereocenters. The van der Waals surface area contributed by atoms with Gasteiger partial charge in [-0.2, -0.15) is 0 Å². The van der Waals surface area contributed by atoms with Crippen LogP contribution in [-0.4, -0.2) is 59.7 Å². The molecule has 0 aromatic heterocycles. The Morgan fingerprint density at radius 3 is 2.75 bits per heavy atom. The van der Waals surface area contributed by atoms with Gasteiger partial charge in [-0.25, -0.2) is 0 Å². The highest BCUT2D eigenvalue weighted by Gasteiger charge is 2.39. The van der Waals surface area contributed by atoms with E-state index in [0.717, 1.165) is 50.1 Å². The van der Waals surface area contributed by atoms with Gasteiger partial charge in [0, 0.05) is 38.2 Å². The zero-order valence-electron chi connectivity index (χ0n) is 15.9. The molecule has 1 unspecified atom stereocenters. The molecule has 28 heavy (non-hydrogen) atoms. The molecule has 0 spiro atoms. The molecule has 4 heterocycles. The van der Waals surface area contributed by atoms with E-state index in [-0.39, 0.29) is 24.1 Å². The summed E-state index contributed by atoms with van der Waals surface area (Å²) in [6, 6.07) is 5.53. The van der Waals surface area contributed by atoms with Crippen LogP contribution in [0.2, 0.25) is 0 Å². The van der Waals surface area contributed by atoms with Crippen LogP contribution in [0.5, 0.6) is 0 Å². The maximum absolute atomic E-state index is 12.8. The zero-order valence-corrected chi connectivity index (χ0v) is 15.9. The summed E-state index contributed by atoms with van der Waals surface area (Å²) >= 11 is 0. The van der Waals surface area contributed by atoms with Crippen molar-refractivity contribution in [2.24, 2.45) is 11.8 Å². The second-order valence-electron chi connectivity index (χ2n) is 8.60. The summed E-state index contributed by atoms with van der Waals surface area (Å²) in [6.07, 6.45) is 1.95. The SMILES string of the molecule is O=C1CCC(N2Cc3cc(CN4C[C@H]5CCNC[C@H]5C4)ccc3C2=O)C(=O)N1. The van der Waals surface area contributed by atoms with Gasteiger partial charge in [0.2, 0.25) is 11.8 Å². The highest BCUT2D eigenvalue weighted by molar-refractivity contribution is 6.05. The highest BCUT2D eigenvalue weighted by Crippen LogP contribution is 2.31. The molecular weight excluding hydrogens is 356 g/mol. The minimum atomic E-state index is -0.546. The summed E-state index contributed by atoms with van der Waals surface area (Å²) in [7, 11) is 0. The van der Waals surface area contributed by atoms with Crippen molar-refractivity contribution in [2.75, 3.05) is 26.2 Å². The molecule has 3 fully saturated rings. The second-order valence-corrected chi connectivity index (χ2v) is 8.60. The van der Waals surface area contributed by atoms with Gasteiger partial charge in [0.25, 0.3) is 5.91 Å². The minimum absolute atomic E-state index is 0.102. The number of nitrogens with zero attached hydrogens (tertiary/aromatic N) is 2.